The van der Waals surface area contributed by atoms with Crippen LogP contribution >= 0.6 is 0 Å². The Labute approximate surface area is 88.7 Å². The SMILES string of the molecule is COc1ncc(CN2CCNCC2)nn1. The van der Waals surface area contributed by atoms with E-state index in [1.54, 1.807) is 6.20 Å². The summed E-state index contributed by atoms with van der Waals surface area (Å²) in [6.07, 6.45) is 1.72. The van der Waals surface area contributed by atoms with Crippen LogP contribution in [0.3, 0.4) is 0 Å². The molecule has 15 heavy (non-hydrogen) atoms. The topological polar surface area (TPSA) is 63.2 Å². The third-order valence-corrected chi connectivity index (χ3v) is 2.37. The lowest BCUT2D eigenvalue weighted by atomic mass is 10.3. The summed E-state index contributed by atoms with van der Waals surface area (Å²) >= 11 is 0. The van der Waals surface area contributed by atoms with Crippen LogP contribution in [0, 0.1) is 0 Å². The van der Waals surface area contributed by atoms with Gasteiger partial charge in [-0.25, -0.2) is 4.98 Å². The van der Waals surface area contributed by atoms with Crippen molar-refractivity contribution in [1.29, 1.82) is 0 Å². The molecule has 0 atom stereocenters. The van der Waals surface area contributed by atoms with E-state index < -0.39 is 0 Å². The summed E-state index contributed by atoms with van der Waals surface area (Å²) in [4.78, 5) is 6.35. The molecule has 1 saturated heterocycles. The molecule has 1 aliphatic heterocycles. The number of hydrogen-bond donors (Lipinski definition) is 1. The number of nitrogens with one attached hydrogen (secondary N) is 1. The van der Waals surface area contributed by atoms with Crippen molar-refractivity contribution < 1.29 is 4.74 Å². The van der Waals surface area contributed by atoms with Gasteiger partial charge in [-0.2, -0.15) is 0 Å². The van der Waals surface area contributed by atoms with Crippen LogP contribution in [0.15, 0.2) is 6.20 Å². The summed E-state index contributed by atoms with van der Waals surface area (Å²) in [5.74, 6) is 0. The fraction of sp³-hybridized carbons (Fsp3) is 0.667. The van der Waals surface area contributed by atoms with Gasteiger partial charge in [-0.15, -0.1) is 5.10 Å². The van der Waals surface area contributed by atoms with Gasteiger partial charge in [0, 0.05) is 32.7 Å². The van der Waals surface area contributed by atoms with E-state index in [0.717, 1.165) is 38.4 Å². The normalized spacial score (nSPS) is 17.7. The first-order valence-corrected chi connectivity index (χ1v) is 5.04. The van der Waals surface area contributed by atoms with Crippen LogP contribution in [-0.4, -0.2) is 53.4 Å². The Morgan fingerprint density at radius 3 is 2.80 bits per heavy atom. The standard InChI is InChI=1S/C9H15N5O/c1-15-9-11-6-8(12-13-9)7-14-4-2-10-3-5-14/h6,10H,2-5,7H2,1H3. The summed E-state index contributed by atoms with van der Waals surface area (Å²) in [5.41, 5.74) is 0.887. The highest BCUT2D eigenvalue weighted by molar-refractivity contribution is 4.97. The zero-order valence-electron chi connectivity index (χ0n) is 8.81. The second-order valence-corrected chi connectivity index (χ2v) is 3.46. The first-order valence-electron chi connectivity index (χ1n) is 5.04. The Morgan fingerprint density at radius 2 is 2.20 bits per heavy atom. The van der Waals surface area contributed by atoms with E-state index >= 15 is 0 Å². The van der Waals surface area contributed by atoms with E-state index in [4.69, 9.17) is 4.74 Å². The van der Waals surface area contributed by atoms with Crippen LogP contribution in [0.25, 0.3) is 0 Å². The molecule has 2 heterocycles. The zero-order chi connectivity index (χ0) is 10.5. The molecule has 2 rings (SSSR count). The van der Waals surface area contributed by atoms with Crippen LogP contribution in [0.4, 0.5) is 0 Å². The van der Waals surface area contributed by atoms with Crippen LogP contribution in [0.5, 0.6) is 6.01 Å². The maximum Gasteiger partial charge on any atom is 0.335 e. The van der Waals surface area contributed by atoms with Gasteiger partial charge in [0.05, 0.1) is 19.0 Å². The summed E-state index contributed by atoms with van der Waals surface area (Å²) in [5, 5.41) is 11.2. The molecule has 0 unspecified atom stereocenters. The molecule has 0 aliphatic carbocycles. The molecule has 1 aromatic heterocycles. The lowest BCUT2D eigenvalue weighted by molar-refractivity contribution is 0.229. The van der Waals surface area contributed by atoms with Crippen molar-refractivity contribution in [3.8, 4) is 6.01 Å². The van der Waals surface area contributed by atoms with E-state index in [9.17, 15) is 0 Å². The van der Waals surface area contributed by atoms with Crippen molar-refractivity contribution >= 4 is 0 Å². The minimum atomic E-state index is 0.319. The predicted octanol–water partition coefficient (Wildman–Crippen LogP) is -0.715. The quantitative estimate of drug-likeness (QED) is 0.709. The van der Waals surface area contributed by atoms with Gasteiger partial charge >= 0.3 is 6.01 Å². The van der Waals surface area contributed by atoms with Crippen molar-refractivity contribution in [2.45, 2.75) is 6.54 Å². The lowest BCUT2D eigenvalue weighted by Crippen LogP contribution is -2.43. The molecule has 0 radical (unpaired) electrons. The Hall–Kier alpha value is -1.27. The second-order valence-electron chi connectivity index (χ2n) is 3.46. The molecule has 0 amide bonds. The molecular formula is C9H15N5O. The lowest BCUT2D eigenvalue weighted by Gasteiger charge is -2.26. The third-order valence-electron chi connectivity index (χ3n) is 2.37. The Morgan fingerprint density at radius 1 is 1.40 bits per heavy atom. The van der Waals surface area contributed by atoms with Gasteiger partial charge in [-0.05, 0) is 0 Å². The van der Waals surface area contributed by atoms with Crippen molar-refractivity contribution in [2.24, 2.45) is 0 Å². The maximum atomic E-state index is 4.85. The average molecular weight is 209 g/mol. The summed E-state index contributed by atoms with van der Waals surface area (Å²) < 4.78 is 4.85. The highest BCUT2D eigenvalue weighted by Gasteiger charge is 2.11. The molecular weight excluding hydrogens is 194 g/mol. The van der Waals surface area contributed by atoms with Gasteiger partial charge in [0.15, 0.2) is 0 Å². The summed E-state index contributed by atoms with van der Waals surface area (Å²) in [6.45, 7) is 4.99. The van der Waals surface area contributed by atoms with Crippen molar-refractivity contribution in [3.63, 3.8) is 0 Å². The summed E-state index contributed by atoms with van der Waals surface area (Å²) in [6, 6.07) is 0.319. The molecule has 6 heteroatoms. The molecule has 1 fully saturated rings. The van der Waals surface area contributed by atoms with E-state index in [1.165, 1.54) is 7.11 Å². The highest BCUT2D eigenvalue weighted by atomic mass is 16.5. The molecule has 1 aromatic rings. The van der Waals surface area contributed by atoms with Gasteiger partial charge in [0.25, 0.3) is 0 Å². The molecule has 0 saturated carbocycles. The third kappa shape index (κ3) is 2.84. The fourth-order valence-corrected chi connectivity index (χ4v) is 1.55. The van der Waals surface area contributed by atoms with Crippen molar-refractivity contribution in [3.05, 3.63) is 11.9 Å². The fourth-order valence-electron chi connectivity index (χ4n) is 1.55. The number of hydrogen-bond acceptors (Lipinski definition) is 6. The predicted molar refractivity (Wildman–Crippen MR) is 54.5 cm³/mol. The van der Waals surface area contributed by atoms with Gasteiger partial charge in [-0.3, -0.25) is 4.90 Å². The Bertz CT molecular complexity index is 296. The number of methoxy groups -OCH3 is 1. The Kier molecular flexibility index (Phi) is 3.41. The molecule has 0 spiro atoms. The Balaban J connectivity index is 1.91. The number of ether oxygens (including phenoxy) is 1. The van der Waals surface area contributed by atoms with E-state index in [-0.39, 0.29) is 0 Å². The molecule has 1 N–H and O–H groups in total. The van der Waals surface area contributed by atoms with E-state index in [1.807, 2.05) is 0 Å². The van der Waals surface area contributed by atoms with Gasteiger partial charge in [-0.1, -0.05) is 5.10 Å². The van der Waals surface area contributed by atoms with Gasteiger partial charge < -0.3 is 10.1 Å². The number of aromatic nitrogens is 3. The maximum absolute atomic E-state index is 4.85. The van der Waals surface area contributed by atoms with Gasteiger partial charge in [0.2, 0.25) is 0 Å². The molecule has 0 bridgehead atoms. The summed E-state index contributed by atoms with van der Waals surface area (Å²) in [7, 11) is 1.53. The largest absolute Gasteiger partial charge is 0.466 e. The molecule has 0 aromatic carbocycles. The van der Waals surface area contributed by atoms with Crippen LogP contribution in [-0.2, 0) is 6.54 Å². The average Bonchev–Trinajstić information content (AvgIpc) is 2.31. The van der Waals surface area contributed by atoms with Crippen LogP contribution < -0.4 is 10.1 Å². The number of piperazine rings is 1. The monoisotopic (exact) mass is 209 g/mol. The number of nitrogens with zero attached hydrogens (tertiary/aromatic N) is 4. The van der Waals surface area contributed by atoms with Crippen molar-refractivity contribution in [1.82, 2.24) is 25.4 Å². The van der Waals surface area contributed by atoms with Crippen molar-refractivity contribution in [2.75, 3.05) is 33.3 Å². The van der Waals surface area contributed by atoms with E-state index in [2.05, 4.69) is 25.4 Å². The zero-order valence-corrected chi connectivity index (χ0v) is 8.81. The van der Waals surface area contributed by atoms with Gasteiger partial charge in [0.1, 0.15) is 0 Å². The first kappa shape index (κ1) is 10.3. The molecule has 1 aliphatic rings. The molecule has 6 nitrogen and oxygen atoms in total. The van der Waals surface area contributed by atoms with E-state index in [0.29, 0.717) is 6.01 Å². The number of rotatable bonds is 3. The molecule has 82 valence electrons. The highest BCUT2D eigenvalue weighted by Crippen LogP contribution is 2.02. The second kappa shape index (κ2) is 4.99. The first-order chi connectivity index (χ1) is 7.38. The minimum Gasteiger partial charge on any atom is -0.466 e. The van der Waals surface area contributed by atoms with Crippen LogP contribution in [0.2, 0.25) is 0 Å². The smallest absolute Gasteiger partial charge is 0.335 e. The van der Waals surface area contributed by atoms with Crippen LogP contribution in [0.1, 0.15) is 5.69 Å². The minimum absolute atomic E-state index is 0.319.